The highest BCUT2D eigenvalue weighted by Crippen LogP contribution is 2.25. The van der Waals surface area contributed by atoms with Crippen molar-refractivity contribution in [2.45, 2.75) is 12.5 Å². The van der Waals surface area contributed by atoms with Crippen molar-refractivity contribution >= 4 is 5.84 Å². The zero-order valence-corrected chi connectivity index (χ0v) is 9.53. The fourth-order valence-corrected chi connectivity index (χ4v) is 2.08. The summed E-state index contributed by atoms with van der Waals surface area (Å²) in [4.78, 5) is 6.87. The second-order valence-electron chi connectivity index (χ2n) is 4.14. The van der Waals surface area contributed by atoms with Crippen molar-refractivity contribution < 1.29 is 0 Å². The molecule has 0 N–H and O–H groups in total. The number of rotatable bonds is 1. The van der Waals surface area contributed by atoms with Gasteiger partial charge in [0, 0.05) is 12.4 Å². The lowest BCUT2D eigenvalue weighted by atomic mass is 10.0. The molecule has 1 unspecified atom stereocenters. The van der Waals surface area contributed by atoms with Crippen LogP contribution in [-0.2, 0) is 0 Å². The van der Waals surface area contributed by atoms with Crippen LogP contribution in [-0.4, -0.2) is 10.7 Å². The summed E-state index contributed by atoms with van der Waals surface area (Å²) >= 11 is 0. The predicted molar refractivity (Wildman–Crippen MR) is 70.5 cm³/mol. The molecule has 0 aromatic heterocycles. The lowest BCUT2D eigenvalue weighted by molar-refractivity contribution is 0.729. The van der Waals surface area contributed by atoms with Gasteiger partial charge in [-0.15, -0.1) is 0 Å². The molecule has 3 rings (SSSR count). The Balaban J connectivity index is 1.96. The Hall–Kier alpha value is -2.09. The van der Waals surface area contributed by atoms with Crippen molar-refractivity contribution in [2.75, 3.05) is 0 Å². The van der Waals surface area contributed by atoms with Gasteiger partial charge in [-0.3, -0.25) is 4.99 Å². The number of benzene rings is 1. The fourth-order valence-electron chi connectivity index (χ4n) is 2.08. The van der Waals surface area contributed by atoms with Crippen LogP contribution in [0.25, 0.3) is 0 Å². The molecule has 0 fully saturated rings. The van der Waals surface area contributed by atoms with Crippen LogP contribution in [0.2, 0.25) is 0 Å². The van der Waals surface area contributed by atoms with E-state index >= 15 is 0 Å². The first-order valence-corrected chi connectivity index (χ1v) is 5.86. The second-order valence-corrected chi connectivity index (χ2v) is 4.14. The second kappa shape index (κ2) is 4.42. The SMILES string of the molecule is C1=CC2=NC(c3ccccc3)CC=CN2C=C1. The molecule has 1 aromatic rings. The molecule has 2 heteroatoms. The summed E-state index contributed by atoms with van der Waals surface area (Å²) < 4.78 is 0. The molecule has 0 amide bonds. The van der Waals surface area contributed by atoms with Crippen LogP contribution in [0, 0.1) is 0 Å². The number of aliphatic imine (C=N–C) groups is 1. The van der Waals surface area contributed by atoms with Crippen molar-refractivity contribution in [1.29, 1.82) is 0 Å². The van der Waals surface area contributed by atoms with Gasteiger partial charge in [-0.2, -0.15) is 0 Å². The average Bonchev–Trinajstić information content (AvgIpc) is 2.62. The first kappa shape index (κ1) is 10.1. The molecule has 2 heterocycles. The summed E-state index contributed by atoms with van der Waals surface area (Å²) in [7, 11) is 0. The van der Waals surface area contributed by atoms with Gasteiger partial charge in [0.05, 0.1) is 6.04 Å². The number of amidine groups is 1. The summed E-state index contributed by atoms with van der Waals surface area (Å²) in [6, 6.07) is 10.7. The Morgan fingerprint density at radius 3 is 2.82 bits per heavy atom. The van der Waals surface area contributed by atoms with E-state index in [0.29, 0.717) is 0 Å². The van der Waals surface area contributed by atoms with Crippen LogP contribution in [0.1, 0.15) is 18.0 Å². The van der Waals surface area contributed by atoms with Gasteiger partial charge < -0.3 is 4.90 Å². The highest BCUT2D eigenvalue weighted by atomic mass is 15.2. The summed E-state index contributed by atoms with van der Waals surface area (Å²) in [5, 5.41) is 0. The first-order chi connectivity index (χ1) is 8.43. The normalized spacial score (nSPS) is 22.0. The fraction of sp³-hybridized carbons (Fsp3) is 0.133. The molecule has 0 spiro atoms. The van der Waals surface area contributed by atoms with Gasteiger partial charge in [-0.25, -0.2) is 0 Å². The zero-order valence-electron chi connectivity index (χ0n) is 9.53. The van der Waals surface area contributed by atoms with Gasteiger partial charge in [-0.1, -0.05) is 42.5 Å². The molecule has 0 aliphatic carbocycles. The van der Waals surface area contributed by atoms with E-state index in [1.54, 1.807) is 0 Å². The van der Waals surface area contributed by atoms with E-state index in [-0.39, 0.29) is 6.04 Å². The maximum atomic E-state index is 4.81. The Morgan fingerprint density at radius 1 is 1.06 bits per heavy atom. The molecule has 1 atom stereocenters. The van der Waals surface area contributed by atoms with E-state index in [0.717, 1.165) is 12.3 Å². The van der Waals surface area contributed by atoms with Crippen LogP contribution in [0.15, 0.2) is 72.0 Å². The topological polar surface area (TPSA) is 15.6 Å². The van der Waals surface area contributed by atoms with Crippen molar-refractivity contribution in [3.63, 3.8) is 0 Å². The molecule has 2 aliphatic rings. The smallest absolute Gasteiger partial charge is 0.132 e. The monoisotopic (exact) mass is 222 g/mol. The molecule has 84 valence electrons. The van der Waals surface area contributed by atoms with Crippen molar-refractivity contribution in [2.24, 2.45) is 4.99 Å². The van der Waals surface area contributed by atoms with Crippen LogP contribution in [0.3, 0.4) is 0 Å². The number of hydrogen-bond acceptors (Lipinski definition) is 2. The molecular weight excluding hydrogens is 208 g/mol. The van der Waals surface area contributed by atoms with E-state index in [1.165, 1.54) is 5.56 Å². The number of fused-ring (bicyclic) bond motifs is 1. The lowest BCUT2D eigenvalue weighted by Crippen LogP contribution is -2.19. The Labute approximate surface area is 101 Å². The van der Waals surface area contributed by atoms with Gasteiger partial charge in [-0.05, 0) is 24.1 Å². The maximum absolute atomic E-state index is 4.81. The van der Waals surface area contributed by atoms with Crippen molar-refractivity contribution in [3.8, 4) is 0 Å². The third-order valence-corrected chi connectivity index (χ3v) is 2.97. The van der Waals surface area contributed by atoms with Crippen LogP contribution in [0.4, 0.5) is 0 Å². The molecule has 0 saturated carbocycles. The largest absolute Gasteiger partial charge is 0.309 e. The Morgan fingerprint density at radius 2 is 1.94 bits per heavy atom. The van der Waals surface area contributed by atoms with Crippen LogP contribution in [0.5, 0.6) is 0 Å². The van der Waals surface area contributed by atoms with Crippen molar-refractivity contribution in [1.82, 2.24) is 4.90 Å². The minimum absolute atomic E-state index is 0.226. The van der Waals surface area contributed by atoms with E-state index in [1.807, 2.05) is 30.5 Å². The van der Waals surface area contributed by atoms with E-state index in [2.05, 4.69) is 41.4 Å². The molecule has 0 bridgehead atoms. The number of allylic oxidation sites excluding steroid dienone is 2. The van der Waals surface area contributed by atoms with E-state index < -0.39 is 0 Å². The van der Waals surface area contributed by atoms with E-state index in [4.69, 9.17) is 4.99 Å². The summed E-state index contributed by atoms with van der Waals surface area (Å²) in [5.41, 5.74) is 1.27. The number of hydrogen-bond donors (Lipinski definition) is 0. The standard InChI is InChI=1S/C15H14N2/c1-2-7-13(8-3-1)14-9-6-12-17-11-5-4-10-15(17)16-14/h1-8,10-12,14H,9H2. The average molecular weight is 222 g/mol. The molecule has 2 nitrogen and oxygen atoms in total. The van der Waals surface area contributed by atoms with Crippen LogP contribution < -0.4 is 0 Å². The summed E-state index contributed by atoms with van der Waals surface area (Å²) in [6.45, 7) is 0. The summed E-state index contributed by atoms with van der Waals surface area (Å²) in [5.74, 6) is 1.01. The third-order valence-electron chi connectivity index (χ3n) is 2.97. The van der Waals surface area contributed by atoms with Gasteiger partial charge in [0.1, 0.15) is 5.84 Å². The van der Waals surface area contributed by atoms with Gasteiger partial charge in [0.2, 0.25) is 0 Å². The lowest BCUT2D eigenvalue weighted by Gasteiger charge is -2.17. The minimum Gasteiger partial charge on any atom is -0.309 e. The molecule has 0 radical (unpaired) electrons. The molecule has 1 aromatic carbocycles. The van der Waals surface area contributed by atoms with E-state index in [9.17, 15) is 0 Å². The summed E-state index contributed by atoms with van der Waals surface area (Å²) in [6.07, 6.45) is 13.3. The van der Waals surface area contributed by atoms with Crippen molar-refractivity contribution in [3.05, 3.63) is 72.6 Å². The number of nitrogens with zero attached hydrogens (tertiary/aromatic N) is 2. The third kappa shape index (κ3) is 2.07. The Kier molecular flexibility index (Phi) is 2.62. The maximum Gasteiger partial charge on any atom is 0.132 e. The highest BCUT2D eigenvalue weighted by molar-refractivity contribution is 5.96. The highest BCUT2D eigenvalue weighted by Gasteiger charge is 2.15. The quantitative estimate of drug-likeness (QED) is 0.710. The molecule has 17 heavy (non-hydrogen) atoms. The predicted octanol–water partition coefficient (Wildman–Crippen LogP) is 3.43. The first-order valence-electron chi connectivity index (χ1n) is 5.86. The molecular formula is C15H14N2. The zero-order chi connectivity index (χ0) is 11.5. The molecule has 0 saturated heterocycles. The minimum atomic E-state index is 0.226. The Bertz CT molecular complexity index is 509. The molecule has 2 aliphatic heterocycles. The van der Waals surface area contributed by atoms with Crippen LogP contribution >= 0.6 is 0 Å². The van der Waals surface area contributed by atoms with Gasteiger partial charge in [0.25, 0.3) is 0 Å². The van der Waals surface area contributed by atoms with Gasteiger partial charge in [0.15, 0.2) is 0 Å². The van der Waals surface area contributed by atoms with Gasteiger partial charge >= 0.3 is 0 Å².